The lowest BCUT2D eigenvalue weighted by Gasteiger charge is -2.08. The number of nitrogens with one attached hydrogen (secondary N) is 1. The second-order valence-corrected chi connectivity index (χ2v) is 7.28. The number of benzene rings is 2. The molecule has 0 fully saturated rings. The molecule has 29 heavy (non-hydrogen) atoms. The number of unbranched alkanes of at least 4 members (excludes halogenated alkanes) is 2. The molecule has 0 unspecified atom stereocenters. The monoisotopic (exact) mass is 388 g/mol. The third-order valence-electron chi connectivity index (χ3n) is 5.24. The average molecular weight is 388 g/mol. The summed E-state index contributed by atoms with van der Waals surface area (Å²) in [6.07, 6.45) is 6.56. The van der Waals surface area contributed by atoms with E-state index < -0.39 is 0 Å². The van der Waals surface area contributed by atoms with E-state index >= 15 is 0 Å². The first kappa shape index (κ1) is 18.9. The Labute approximate surface area is 168 Å². The lowest BCUT2D eigenvalue weighted by atomic mass is 10.1. The topological polar surface area (TPSA) is 68.9 Å². The fraction of sp³-hybridized carbons (Fsp3) is 0.261. The highest BCUT2D eigenvalue weighted by atomic mass is 16.1. The largest absolute Gasteiger partial charge is 0.350 e. The summed E-state index contributed by atoms with van der Waals surface area (Å²) in [6.45, 7) is 0.613. The highest BCUT2D eigenvalue weighted by Gasteiger charge is 2.08. The van der Waals surface area contributed by atoms with Crippen molar-refractivity contribution >= 4 is 33.4 Å². The van der Waals surface area contributed by atoms with Crippen molar-refractivity contribution in [1.29, 1.82) is 0 Å². The molecule has 2 heterocycles. The first-order valence-electron chi connectivity index (χ1n) is 9.91. The van der Waals surface area contributed by atoms with Crippen LogP contribution < -0.4 is 10.9 Å². The Morgan fingerprint density at radius 2 is 1.86 bits per heavy atom. The van der Waals surface area contributed by atoms with Gasteiger partial charge in [0.25, 0.3) is 5.56 Å². The molecule has 2 aromatic heterocycles. The number of amides is 1. The van der Waals surface area contributed by atoms with Gasteiger partial charge in [-0.15, -0.1) is 0 Å². The normalized spacial score (nSPS) is 11.2. The van der Waals surface area contributed by atoms with Crippen LogP contribution in [0.25, 0.3) is 21.8 Å². The first-order chi connectivity index (χ1) is 14.1. The van der Waals surface area contributed by atoms with Crippen molar-refractivity contribution < 1.29 is 4.79 Å². The molecule has 0 saturated carbocycles. The van der Waals surface area contributed by atoms with Crippen molar-refractivity contribution in [2.75, 3.05) is 5.32 Å². The van der Waals surface area contributed by atoms with Crippen molar-refractivity contribution in [3.63, 3.8) is 0 Å². The second-order valence-electron chi connectivity index (χ2n) is 7.28. The number of aryl methyl sites for hydroxylation is 2. The molecule has 0 aliphatic heterocycles. The summed E-state index contributed by atoms with van der Waals surface area (Å²) < 4.78 is 3.69. The molecule has 4 aromatic rings. The van der Waals surface area contributed by atoms with Gasteiger partial charge < -0.3 is 9.88 Å². The summed E-state index contributed by atoms with van der Waals surface area (Å²) in [7, 11) is 1.99. The SMILES string of the molecule is Cn1ccc2c(NC(=O)CCCCCn3cnc4ccccc4c3=O)cccc21. The van der Waals surface area contributed by atoms with E-state index in [-0.39, 0.29) is 11.5 Å². The number of anilines is 1. The van der Waals surface area contributed by atoms with E-state index in [1.54, 1.807) is 17.0 Å². The minimum atomic E-state index is -0.00991. The van der Waals surface area contributed by atoms with E-state index in [0.717, 1.165) is 41.4 Å². The molecule has 0 spiro atoms. The molecule has 1 amide bonds. The molecule has 0 bridgehead atoms. The van der Waals surface area contributed by atoms with Crippen molar-refractivity contribution in [3.05, 3.63) is 71.4 Å². The van der Waals surface area contributed by atoms with Crippen LogP contribution in [-0.4, -0.2) is 20.0 Å². The van der Waals surface area contributed by atoms with Gasteiger partial charge in [-0.1, -0.05) is 24.6 Å². The van der Waals surface area contributed by atoms with E-state index in [4.69, 9.17) is 0 Å². The zero-order valence-electron chi connectivity index (χ0n) is 16.5. The Hall–Kier alpha value is -3.41. The van der Waals surface area contributed by atoms with Crippen LogP contribution in [-0.2, 0) is 18.4 Å². The lowest BCUT2D eigenvalue weighted by molar-refractivity contribution is -0.116. The standard InChI is InChI=1S/C23H24N4O2/c1-26-15-13-17-20(10-7-11-21(17)26)25-22(28)12-3-2-6-14-27-16-24-19-9-5-4-8-18(19)23(27)29/h4-5,7-11,13,15-16H,2-3,6,12,14H2,1H3,(H,25,28). The Balaban J connectivity index is 1.27. The summed E-state index contributed by atoms with van der Waals surface area (Å²) in [4.78, 5) is 29.1. The van der Waals surface area contributed by atoms with Crippen LogP contribution in [0, 0.1) is 0 Å². The van der Waals surface area contributed by atoms with Gasteiger partial charge in [-0.25, -0.2) is 4.98 Å². The van der Waals surface area contributed by atoms with Crippen LogP contribution in [0.15, 0.2) is 65.8 Å². The Kier molecular flexibility index (Phi) is 5.42. The van der Waals surface area contributed by atoms with Crippen LogP contribution in [0.1, 0.15) is 25.7 Å². The smallest absolute Gasteiger partial charge is 0.261 e. The summed E-state index contributed by atoms with van der Waals surface area (Å²) in [5, 5.41) is 4.71. The predicted molar refractivity (Wildman–Crippen MR) is 116 cm³/mol. The molecular weight excluding hydrogens is 364 g/mol. The van der Waals surface area contributed by atoms with Crippen molar-refractivity contribution in [1.82, 2.24) is 14.1 Å². The maximum absolute atomic E-state index is 12.5. The lowest BCUT2D eigenvalue weighted by Crippen LogP contribution is -2.20. The summed E-state index contributed by atoms with van der Waals surface area (Å²) in [6, 6.07) is 15.3. The molecule has 6 nitrogen and oxygen atoms in total. The zero-order chi connectivity index (χ0) is 20.2. The van der Waals surface area contributed by atoms with E-state index in [2.05, 4.69) is 10.3 Å². The molecule has 4 rings (SSSR count). The third-order valence-corrected chi connectivity index (χ3v) is 5.24. The molecule has 0 radical (unpaired) electrons. The van der Waals surface area contributed by atoms with Crippen molar-refractivity contribution in [2.45, 2.75) is 32.2 Å². The van der Waals surface area contributed by atoms with Gasteiger partial charge in [0.15, 0.2) is 0 Å². The van der Waals surface area contributed by atoms with Gasteiger partial charge in [0.2, 0.25) is 5.91 Å². The molecule has 148 valence electrons. The number of hydrogen-bond donors (Lipinski definition) is 1. The fourth-order valence-electron chi connectivity index (χ4n) is 3.63. The van der Waals surface area contributed by atoms with E-state index in [1.165, 1.54) is 0 Å². The number of carbonyl (C=O) groups excluding carboxylic acids is 1. The number of aromatic nitrogens is 3. The Morgan fingerprint density at radius 1 is 1.00 bits per heavy atom. The molecule has 2 aromatic carbocycles. The van der Waals surface area contributed by atoms with Gasteiger partial charge >= 0.3 is 0 Å². The molecule has 0 atom stereocenters. The Bertz CT molecular complexity index is 1220. The van der Waals surface area contributed by atoms with Gasteiger partial charge in [0.05, 0.1) is 22.9 Å². The highest BCUT2D eigenvalue weighted by Crippen LogP contribution is 2.24. The van der Waals surface area contributed by atoms with Crippen molar-refractivity contribution in [2.24, 2.45) is 7.05 Å². The van der Waals surface area contributed by atoms with E-state index in [0.29, 0.717) is 18.4 Å². The Morgan fingerprint density at radius 3 is 2.76 bits per heavy atom. The number of carbonyl (C=O) groups is 1. The first-order valence-corrected chi connectivity index (χ1v) is 9.91. The molecule has 1 N–H and O–H groups in total. The summed E-state index contributed by atoms with van der Waals surface area (Å²) in [5.74, 6) is 0.0193. The fourth-order valence-corrected chi connectivity index (χ4v) is 3.63. The molecule has 0 aliphatic rings. The van der Waals surface area contributed by atoms with E-state index in [1.807, 2.05) is 60.3 Å². The quantitative estimate of drug-likeness (QED) is 0.485. The van der Waals surface area contributed by atoms with Gasteiger partial charge in [0, 0.05) is 37.1 Å². The van der Waals surface area contributed by atoms with Crippen molar-refractivity contribution in [3.8, 4) is 0 Å². The summed E-state index contributed by atoms with van der Waals surface area (Å²) >= 11 is 0. The minimum absolute atomic E-state index is 0.00991. The number of fused-ring (bicyclic) bond motifs is 2. The zero-order valence-corrected chi connectivity index (χ0v) is 16.5. The summed E-state index contributed by atoms with van der Waals surface area (Å²) in [5.41, 5.74) is 2.65. The molecule has 0 saturated heterocycles. The maximum Gasteiger partial charge on any atom is 0.261 e. The van der Waals surface area contributed by atoms with Crippen LogP contribution in [0.5, 0.6) is 0 Å². The van der Waals surface area contributed by atoms with Gasteiger partial charge in [-0.2, -0.15) is 0 Å². The average Bonchev–Trinajstić information content (AvgIpc) is 3.11. The van der Waals surface area contributed by atoms with Crippen LogP contribution in [0.2, 0.25) is 0 Å². The van der Waals surface area contributed by atoms with Gasteiger partial charge in [0.1, 0.15) is 0 Å². The molecule has 6 heteroatoms. The third kappa shape index (κ3) is 4.06. The predicted octanol–water partition coefficient (Wildman–Crippen LogP) is 4.09. The number of rotatable bonds is 7. The molecular formula is C23H24N4O2. The van der Waals surface area contributed by atoms with Crippen LogP contribution in [0.4, 0.5) is 5.69 Å². The number of nitrogens with zero attached hydrogens (tertiary/aromatic N) is 3. The number of para-hydroxylation sites is 1. The van der Waals surface area contributed by atoms with Crippen LogP contribution >= 0.6 is 0 Å². The van der Waals surface area contributed by atoms with E-state index in [9.17, 15) is 9.59 Å². The maximum atomic E-state index is 12.5. The molecule has 0 aliphatic carbocycles. The second kappa shape index (κ2) is 8.31. The highest BCUT2D eigenvalue weighted by molar-refractivity contribution is 6.01. The van der Waals surface area contributed by atoms with Gasteiger partial charge in [-0.3, -0.25) is 14.2 Å². The minimum Gasteiger partial charge on any atom is -0.350 e. The van der Waals surface area contributed by atoms with Crippen LogP contribution in [0.3, 0.4) is 0 Å². The van der Waals surface area contributed by atoms with Gasteiger partial charge in [-0.05, 0) is 43.2 Å². The number of hydrogen-bond acceptors (Lipinski definition) is 3.